The zero-order valence-electron chi connectivity index (χ0n) is 2.41. The summed E-state index contributed by atoms with van der Waals surface area (Å²) in [7, 11) is 0. The normalized spacial score (nSPS) is 0. The highest BCUT2D eigenvalue weighted by molar-refractivity contribution is 5.75. The van der Waals surface area contributed by atoms with Crippen LogP contribution < -0.4 is 0 Å². The molecule has 0 spiro atoms. The van der Waals surface area contributed by atoms with Gasteiger partial charge in [0.15, 0.2) is 0 Å². The van der Waals surface area contributed by atoms with Gasteiger partial charge in [-0.3, -0.25) is 4.70 Å². The first-order chi connectivity index (χ1) is 0. The second-order valence-corrected chi connectivity index (χ2v) is 0. The lowest BCUT2D eigenvalue weighted by Gasteiger charge is -0.413. The summed E-state index contributed by atoms with van der Waals surface area (Å²) in [6.45, 7) is 0. The topological polar surface area (TPSA) is 63.0 Å². The van der Waals surface area contributed by atoms with Crippen molar-refractivity contribution in [3.05, 3.63) is 0 Å². The van der Waals surface area contributed by atoms with Gasteiger partial charge in [0, 0.05) is 0 Å². The van der Waals surface area contributed by atoms with Crippen LogP contribution in [-0.2, 0) is 0 Å². The van der Waals surface area contributed by atoms with Crippen molar-refractivity contribution in [2.45, 2.75) is 0 Å². The van der Waals surface area contributed by atoms with Crippen LogP contribution >= 0.6 is 0 Å². The third kappa shape index (κ3) is 31.1. The van der Waals surface area contributed by atoms with Crippen LogP contribution in [0.15, 0.2) is 0 Å². The third-order valence-electron chi connectivity index (χ3n) is 0. The molecule has 4 N–H and O–H groups in total. The molecule has 0 bridgehead atoms. The summed E-state index contributed by atoms with van der Waals surface area (Å²) in [5.41, 5.74) is 0. The quantitative estimate of drug-likeness (QED) is 0.294. The Labute approximate surface area is 33.9 Å². The molecule has 1 radical (unpaired) electrons. The smallest absolute Gasteiger partial charge is 0.146 e. The molecule has 2 nitrogen and oxygen atoms in total. The maximum Gasteiger partial charge on any atom is 0.146 e. The number of hydrogen-bond acceptors (Lipinski definition) is 0. The van der Waals surface area contributed by atoms with E-state index in [-0.39, 0.29) is 33.0 Å². The fraction of sp³-hybridized carbons (Fsp3) is 0. The monoisotopic (exact) mass is 85.0 g/mol. The van der Waals surface area contributed by atoms with Gasteiger partial charge >= 0.3 is 0 Å². The third-order valence-corrected chi connectivity index (χ3v) is 0. The van der Waals surface area contributed by atoms with Crippen LogP contribution in [0.1, 0.15) is 0 Å². The van der Waals surface area contributed by atoms with Gasteiger partial charge in [-0.05, 0) is 0 Å². The lowest BCUT2D eigenvalue weighted by Crippen LogP contribution is -0.381. The van der Waals surface area contributed by atoms with Crippen molar-refractivity contribution >= 4 is 17.4 Å². The first kappa shape index (κ1) is 343. The second-order valence-electron chi connectivity index (χ2n) is 0. The van der Waals surface area contributed by atoms with Gasteiger partial charge in [-0.1, -0.05) is 0 Å². The van der Waals surface area contributed by atoms with Gasteiger partial charge in [-0.15, -0.1) is 0 Å². The van der Waals surface area contributed by atoms with E-state index in [0.29, 0.717) is 0 Å². The predicted molar refractivity (Wildman–Crippen MR) is 18.3 cm³/mol. The van der Waals surface area contributed by atoms with E-state index in [4.69, 9.17) is 0 Å². The van der Waals surface area contributed by atoms with Crippen molar-refractivity contribution < 1.29 is 15.7 Å². The van der Waals surface area contributed by atoms with Gasteiger partial charge in [0.25, 0.3) is 0 Å². The van der Waals surface area contributed by atoms with E-state index in [0.717, 1.165) is 0 Å². The van der Waals surface area contributed by atoms with Crippen LogP contribution in [0.25, 0.3) is 0 Å². The largest absolute Gasteiger partial charge is 0.412 e. The van der Waals surface area contributed by atoms with Crippen LogP contribution in [0.3, 0.4) is 0 Å². The van der Waals surface area contributed by atoms with Crippen molar-refractivity contribution in [1.82, 2.24) is 0 Å². The van der Waals surface area contributed by atoms with Gasteiger partial charge in [-0.2, -0.15) is 0 Å². The van der Waals surface area contributed by atoms with Gasteiger partial charge in [0.2, 0.25) is 0 Å². The molecule has 0 heterocycles. The molecule has 29 valence electrons. The Morgan fingerprint density at radius 2 is 0.750 bits per heavy atom. The molecule has 4 heavy (non-hydrogen) atoms. The first-order valence-corrected chi connectivity index (χ1v) is 0. The van der Waals surface area contributed by atoms with Crippen LogP contribution in [-0.4, -0.2) is 28.3 Å². The van der Waals surface area contributed by atoms with Gasteiger partial charge < -0.3 is 11.0 Å². The highest BCUT2D eigenvalue weighted by Gasteiger charge is 0.146. The van der Waals surface area contributed by atoms with Crippen molar-refractivity contribution in [3.8, 4) is 0 Å². The molecule has 0 fully saturated rings. The lowest BCUT2D eigenvalue weighted by molar-refractivity contribution is 0.823. The fourth-order valence-corrected chi connectivity index (χ4v) is 0. The van der Waals surface area contributed by atoms with E-state index in [1.165, 1.54) is 0 Å². The maximum absolute atomic E-state index is 0. The van der Waals surface area contributed by atoms with E-state index in [9.17, 15) is 0 Å². The van der Waals surface area contributed by atoms with E-state index in [2.05, 4.69) is 0 Å². The van der Waals surface area contributed by atoms with Crippen LogP contribution in [0.4, 0.5) is 4.70 Å². The molecule has 0 aromatic carbocycles. The molecule has 0 aromatic heterocycles. The molecule has 0 aromatic rings. The molecule has 0 saturated carbocycles. The summed E-state index contributed by atoms with van der Waals surface area (Å²) in [5, 5.41) is 0. The van der Waals surface area contributed by atoms with E-state index < -0.39 is 0 Å². The van der Waals surface area contributed by atoms with Crippen molar-refractivity contribution in [2.24, 2.45) is 0 Å². The molecular formula is H7AlFO2. The van der Waals surface area contributed by atoms with Crippen LogP contribution in [0, 0.1) is 0 Å². The summed E-state index contributed by atoms with van der Waals surface area (Å²) >= 11 is 0. The van der Waals surface area contributed by atoms with Gasteiger partial charge in [0.1, 0.15) is 17.4 Å². The second kappa shape index (κ2) is 131. The minimum Gasteiger partial charge on any atom is -0.412 e. The zero-order valence-corrected chi connectivity index (χ0v) is 4.41. The van der Waals surface area contributed by atoms with Crippen molar-refractivity contribution in [1.29, 1.82) is 0 Å². The average molecular weight is 85.0 g/mol. The molecule has 0 rings (SSSR count). The minimum atomic E-state index is 0. The van der Waals surface area contributed by atoms with Crippen molar-refractivity contribution in [2.75, 3.05) is 0 Å². The standard InChI is InChI=1S/Al.FH.2H2O.2H/h;1H;2*1H2;;. The van der Waals surface area contributed by atoms with E-state index in [1.807, 2.05) is 0 Å². The predicted octanol–water partition coefficient (Wildman–Crippen LogP) is -2.41. The van der Waals surface area contributed by atoms with Crippen LogP contribution in [0.5, 0.6) is 0 Å². The Hall–Kier alpha value is 0.382. The molecule has 0 aliphatic heterocycles. The molecule has 0 aliphatic rings. The van der Waals surface area contributed by atoms with Gasteiger partial charge in [-0.25, -0.2) is 0 Å². The summed E-state index contributed by atoms with van der Waals surface area (Å²) in [6, 6.07) is 0. The summed E-state index contributed by atoms with van der Waals surface area (Å²) < 4.78 is 0. The minimum absolute atomic E-state index is 0. The maximum atomic E-state index is 0. The van der Waals surface area contributed by atoms with E-state index in [1.54, 1.807) is 0 Å². The zero-order chi connectivity index (χ0) is 0. The fourth-order valence-electron chi connectivity index (χ4n) is 0. The Balaban J connectivity index is 0. The van der Waals surface area contributed by atoms with Crippen molar-refractivity contribution in [3.63, 3.8) is 0 Å². The highest BCUT2D eigenvalue weighted by atomic mass is 27.0. The molecular weight excluding hydrogens is 78.0 g/mol. The molecule has 0 atom stereocenters. The summed E-state index contributed by atoms with van der Waals surface area (Å²) in [5.74, 6) is 0. The molecule has 4 heteroatoms. The Kier molecular flexibility index (Phi) is 11200. The first-order valence-electron chi connectivity index (χ1n) is 0. The molecule has 0 saturated heterocycles. The number of rotatable bonds is 0. The van der Waals surface area contributed by atoms with E-state index >= 15 is 0 Å². The number of hydrogen-bond donors (Lipinski definition) is 0. The highest BCUT2D eigenvalue weighted by Crippen LogP contribution is 0.420. The average Bonchev–Trinajstić information content (AvgIpc) is 0. The Morgan fingerprint density at radius 3 is 0.750 bits per heavy atom. The lowest BCUT2D eigenvalue weighted by atomic mass is 16.0. The summed E-state index contributed by atoms with van der Waals surface area (Å²) in [4.78, 5) is 0. The van der Waals surface area contributed by atoms with Gasteiger partial charge in [0.05, 0.1) is 0 Å². The van der Waals surface area contributed by atoms with Crippen LogP contribution in [0.2, 0.25) is 0 Å². The molecule has 0 amide bonds. The Bertz CT molecular complexity index is 6.00. The molecule has 0 unspecified atom stereocenters. The number of halogens is 1. The Morgan fingerprint density at radius 1 is 0.750 bits per heavy atom. The SMILES string of the molecule is F.O.O.[AlH2]. The summed E-state index contributed by atoms with van der Waals surface area (Å²) in [6.07, 6.45) is 0. The molecule has 0 aliphatic carbocycles.